The molecule has 0 unspecified atom stereocenters. The SMILES string of the molecule is CCc1ccc(CN(C)C(=O)CCc2nnc(CCCCc3ccccc3)o2)nc1. The molecule has 0 fully saturated rings. The number of carbonyl (C=O) groups is 1. The molecule has 0 saturated heterocycles. The monoisotopic (exact) mass is 406 g/mol. The minimum Gasteiger partial charge on any atom is -0.425 e. The Kier molecular flexibility index (Phi) is 8.12. The van der Waals surface area contributed by atoms with Crippen molar-refractivity contribution in [3.63, 3.8) is 0 Å². The van der Waals surface area contributed by atoms with Crippen LogP contribution in [0.5, 0.6) is 0 Å². The number of rotatable bonds is 11. The summed E-state index contributed by atoms with van der Waals surface area (Å²) in [5.74, 6) is 1.22. The van der Waals surface area contributed by atoms with Crippen molar-refractivity contribution < 1.29 is 9.21 Å². The number of nitrogens with zero attached hydrogens (tertiary/aromatic N) is 4. The van der Waals surface area contributed by atoms with Gasteiger partial charge in [-0.15, -0.1) is 10.2 Å². The van der Waals surface area contributed by atoms with Crippen LogP contribution in [0.15, 0.2) is 53.1 Å². The van der Waals surface area contributed by atoms with Gasteiger partial charge in [-0.1, -0.05) is 43.3 Å². The van der Waals surface area contributed by atoms with Crippen LogP contribution in [0.2, 0.25) is 0 Å². The molecule has 2 aromatic heterocycles. The topological polar surface area (TPSA) is 72.1 Å². The minimum atomic E-state index is 0.0407. The fraction of sp³-hybridized carbons (Fsp3) is 0.417. The number of amides is 1. The van der Waals surface area contributed by atoms with Gasteiger partial charge in [0.2, 0.25) is 17.7 Å². The lowest BCUT2D eigenvalue weighted by Gasteiger charge is -2.16. The van der Waals surface area contributed by atoms with Crippen LogP contribution in [0.4, 0.5) is 0 Å². The predicted octanol–water partition coefficient (Wildman–Crippen LogP) is 4.18. The van der Waals surface area contributed by atoms with Crippen molar-refractivity contribution in [2.45, 2.75) is 58.4 Å². The fourth-order valence-electron chi connectivity index (χ4n) is 3.23. The lowest BCUT2D eigenvalue weighted by molar-refractivity contribution is -0.130. The van der Waals surface area contributed by atoms with Gasteiger partial charge in [0, 0.05) is 32.5 Å². The highest BCUT2D eigenvalue weighted by atomic mass is 16.4. The van der Waals surface area contributed by atoms with Gasteiger partial charge < -0.3 is 9.32 Å². The lowest BCUT2D eigenvalue weighted by atomic mass is 10.1. The van der Waals surface area contributed by atoms with Gasteiger partial charge in [0.15, 0.2) is 0 Å². The Morgan fingerprint density at radius 3 is 2.37 bits per heavy atom. The van der Waals surface area contributed by atoms with E-state index < -0.39 is 0 Å². The zero-order chi connectivity index (χ0) is 21.2. The molecule has 1 amide bonds. The van der Waals surface area contributed by atoms with Gasteiger partial charge >= 0.3 is 0 Å². The molecule has 158 valence electrons. The molecule has 3 aromatic rings. The second-order valence-electron chi connectivity index (χ2n) is 7.54. The van der Waals surface area contributed by atoms with Crippen LogP contribution in [-0.2, 0) is 37.0 Å². The van der Waals surface area contributed by atoms with Crippen molar-refractivity contribution in [1.29, 1.82) is 0 Å². The number of hydrogen-bond acceptors (Lipinski definition) is 5. The molecule has 0 N–H and O–H groups in total. The quantitative estimate of drug-likeness (QED) is 0.447. The summed E-state index contributed by atoms with van der Waals surface area (Å²) in [6, 6.07) is 14.5. The van der Waals surface area contributed by atoms with Crippen LogP contribution in [0.1, 0.15) is 54.8 Å². The van der Waals surface area contributed by atoms with Gasteiger partial charge in [0.1, 0.15) is 0 Å². The summed E-state index contributed by atoms with van der Waals surface area (Å²) in [4.78, 5) is 18.5. The molecule has 0 bridgehead atoms. The zero-order valence-corrected chi connectivity index (χ0v) is 17.9. The highest BCUT2D eigenvalue weighted by Crippen LogP contribution is 2.11. The van der Waals surface area contributed by atoms with Crippen molar-refractivity contribution in [2.75, 3.05) is 7.05 Å². The highest BCUT2D eigenvalue weighted by molar-refractivity contribution is 5.75. The lowest BCUT2D eigenvalue weighted by Crippen LogP contribution is -2.26. The Morgan fingerprint density at radius 1 is 0.933 bits per heavy atom. The van der Waals surface area contributed by atoms with Gasteiger partial charge in [-0.3, -0.25) is 9.78 Å². The van der Waals surface area contributed by atoms with Gasteiger partial charge in [-0.25, -0.2) is 0 Å². The molecule has 0 radical (unpaired) electrons. The largest absolute Gasteiger partial charge is 0.425 e. The third-order valence-electron chi connectivity index (χ3n) is 5.13. The summed E-state index contributed by atoms with van der Waals surface area (Å²) in [6.07, 6.45) is 7.54. The smallest absolute Gasteiger partial charge is 0.223 e. The Balaban J connectivity index is 1.36. The van der Waals surface area contributed by atoms with Crippen LogP contribution in [0.3, 0.4) is 0 Å². The van der Waals surface area contributed by atoms with E-state index >= 15 is 0 Å². The van der Waals surface area contributed by atoms with Crippen LogP contribution >= 0.6 is 0 Å². The molecular formula is C24H30N4O2. The van der Waals surface area contributed by atoms with Crippen molar-refractivity contribution in [3.05, 3.63) is 77.3 Å². The molecular weight excluding hydrogens is 376 g/mol. The summed E-state index contributed by atoms with van der Waals surface area (Å²) in [5.41, 5.74) is 3.43. The number of hydrogen-bond donors (Lipinski definition) is 0. The van der Waals surface area contributed by atoms with E-state index in [1.807, 2.05) is 18.3 Å². The maximum Gasteiger partial charge on any atom is 0.223 e. The van der Waals surface area contributed by atoms with Crippen LogP contribution in [-0.4, -0.2) is 33.0 Å². The molecule has 1 aromatic carbocycles. The third-order valence-corrected chi connectivity index (χ3v) is 5.13. The molecule has 2 heterocycles. The van der Waals surface area contributed by atoms with Crippen molar-refractivity contribution in [2.24, 2.45) is 0 Å². The van der Waals surface area contributed by atoms with E-state index in [0.717, 1.165) is 37.8 Å². The summed E-state index contributed by atoms with van der Waals surface area (Å²) in [5, 5.41) is 8.20. The Morgan fingerprint density at radius 2 is 1.67 bits per heavy atom. The van der Waals surface area contributed by atoms with E-state index in [4.69, 9.17) is 4.42 Å². The van der Waals surface area contributed by atoms with E-state index in [2.05, 4.69) is 52.4 Å². The zero-order valence-electron chi connectivity index (χ0n) is 17.9. The van der Waals surface area contributed by atoms with Crippen molar-refractivity contribution in [1.82, 2.24) is 20.1 Å². The van der Waals surface area contributed by atoms with E-state index in [1.54, 1.807) is 11.9 Å². The average molecular weight is 407 g/mol. The molecule has 0 aliphatic heterocycles. The first-order valence-corrected chi connectivity index (χ1v) is 10.7. The van der Waals surface area contributed by atoms with E-state index in [9.17, 15) is 4.79 Å². The molecule has 6 nitrogen and oxygen atoms in total. The van der Waals surface area contributed by atoms with Crippen molar-refractivity contribution >= 4 is 5.91 Å². The number of aromatic nitrogens is 3. The molecule has 0 saturated carbocycles. The summed E-state index contributed by atoms with van der Waals surface area (Å²) < 4.78 is 5.70. The highest BCUT2D eigenvalue weighted by Gasteiger charge is 2.13. The number of aryl methyl sites for hydroxylation is 4. The molecule has 0 aliphatic carbocycles. The number of pyridine rings is 1. The normalized spacial score (nSPS) is 10.9. The van der Waals surface area contributed by atoms with Crippen LogP contribution in [0.25, 0.3) is 0 Å². The Hall–Kier alpha value is -3.02. The molecule has 0 aliphatic rings. The van der Waals surface area contributed by atoms with E-state index in [0.29, 0.717) is 31.2 Å². The first kappa shape index (κ1) is 21.7. The maximum atomic E-state index is 12.4. The third kappa shape index (κ3) is 6.79. The van der Waals surface area contributed by atoms with Crippen LogP contribution < -0.4 is 0 Å². The van der Waals surface area contributed by atoms with Gasteiger partial charge in [-0.05, 0) is 42.9 Å². The molecule has 0 spiro atoms. The first-order valence-electron chi connectivity index (χ1n) is 10.7. The number of benzene rings is 1. The second kappa shape index (κ2) is 11.2. The molecule has 30 heavy (non-hydrogen) atoms. The molecule has 3 rings (SSSR count). The first-order chi connectivity index (χ1) is 14.6. The molecule has 6 heteroatoms. The molecule has 0 atom stereocenters. The summed E-state index contributed by atoms with van der Waals surface area (Å²) >= 11 is 0. The summed E-state index contributed by atoms with van der Waals surface area (Å²) in [7, 11) is 1.80. The van der Waals surface area contributed by atoms with Gasteiger partial charge in [0.25, 0.3) is 0 Å². The summed E-state index contributed by atoms with van der Waals surface area (Å²) in [6.45, 7) is 2.60. The second-order valence-corrected chi connectivity index (χ2v) is 7.54. The van der Waals surface area contributed by atoms with Crippen LogP contribution in [0, 0.1) is 0 Å². The standard InChI is InChI=1S/C24H30N4O2/c1-3-19-13-14-21(25-17-19)18-28(2)24(29)16-15-23-27-26-22(30-23)12-8-7-11-20-9-5-4-6-10-20/h4-6,9-10,13-14,17H,3,7-8,11-12,15-16,18H2,1-2H3. The fourth-order valence-corrected chi connectivity index (χ4v) is 3.23. The van der Waals surface area contributed by atoms with E-state index in [1.165, 1.54) is 11.1 Å². The van der Waals surface area contributed by atoms with E-state index in [-0.39, 0.29) is 5.91 Å². The van der Waals surface area contributed by atoms with Gasteiger partial charge in [-0.2, -0.15) is 0 Å². The predicted molar refractivity (Wildman–Crippen MR) is 116 cm³/mol. The number of unbranched alkanes of at least 4 members (excludes halogenated alkanes) is 1. The maximum absolute atomic E-state index is 12.4. The average Bonchev–Trinajstić information content (AvgIpc) is 3.24. The number of carbonyl (C=O) groups excluding carboxylic acids is 1. The van der Waals surface area contributed by atoms with Crippen molar-refractivity contribution in [3.8, 4) is 0 Å². The van der Waals surface area contributed by atoms with Gasteiger partial charge in [0.05, 0.1) is 12.2 Å². The Labute approximate surface area is 178 Å². The minimum absolute atomic E-state index is 0.0407. The Bertz CT molecular complexity index is 906.